The molecule has 0 radical (unpaired) electrons. The molecule has 4 aliphatic rings. The molecule has 0 bridgehead atoms. The lowest BCUT2D eigenvalue weighted by molar-refractivity contribution is -0.161. The number of halogens is 2. The standard InChI is InChI=1S/C29H48Cl2O2/c1-18(2)7-6-8-19(3)23-11-12-24-22-10-9-20-17-21(33-27(32)26(30)31)13-15-28(20,4)25(22)14-16-29(23,24)5/h18-26H,6-17H2,1-5H3/t19-,20+,21-,22+,23+,24-,25-,28+,29+/m1/s1. The molecule has 0 spiro atoms. The van der Waals surface area contributed by atoms with E-state index in [1.54, 1.807) is 0 Å². The molecule has 4 aliphatic carbocycles. The van der Waals surface area contributed by atoms with Crippen molar-refractivity contribution in [3.8, 4) is 0 Å². The maximum Gasteiger partial charge on any atom is 0.339 e. The van der Waals surface area contributed by atoms with E-state index >= 15 is 0 Å². The van der Waals surface area contributed by atoms with Crippen molar-refractivity contribution in [2.24, 2.45) is 52.3 Å². The zero-order valence-corrected chi connectivity index (χ0v) is 23.3. The summed E-state index contributed by atoms with van der Waals surface area (Å²) in [6.07, 6.45) is 15.8. The molecule has 2 nitrogen and oxygen atoms in total. The van der Waals surface area contributed by atoms with Gasteiger partial charge in [0.25, 0.3) is 0 Å². The van der Waals surface area contributed by atoms with Gasteiger partial charge in [0.05, 0.1) is 0 Å². The van der Waals surface area contributed by atoms with Gasteiger partial charge in [-0.25, -0.2) is 4.79 Å². The van der Waals surface area contributed by atoms with Crippen LogP contribution in [0.3, 0.4) is 0 Å². The Bertz CT molecular complexity index is 693. The van der Waals surface area contributed by atoms with Gasteiger partial charge < -0.3 is 4.74 Å². The molecule has 0 heterocycles. The van der Waals surface area contributed by atoms with Gasteiger partial charge in [0.1, 0.15) is 6.10 Å². The Morgan fingerprint density at radius 1 is 0.909 bits per heavy atom. The van der Waals surface area contributed by atoms with Gasteiger partial charge in [0.2, 0.25) is 4.84 Å². The second-order valence-corrected chi connectivity index (χ2v) is 14.4. The molecule has 0 aromatic rings. The highest BCUT2D eigenvalue weighted by Gasteiger charge is 2.60. The van der Waals surface area contributed by atoms with Gasteiger partial charge in [0.15, 0.2) is 0 Å². The van der Waals surface area contributed by atoms with E-state index in [1.807, 2.05) is 0 Å². The van der Waals surface area contributed by atoms with E-state index in [1.165, 1.54) is 64.2 Å². The Morgan fingerprint density at radius 3 is 2.30 bits per heavy atom. The van der Waals surface area contributed by atoms with Crippen LogP contribution in [0.5, 0.6) is 0 Å². The van der Waals surface area contributed by atoms with Crippen molar-refractivity contribution in [1.82, 2.24) is 0 Å². The highest BCUT2D eigenvalue weighted by atomic mass is 35.5. The number of ether oxygens (including phenoxy) is 1. The van der Waals surface area contributed by atoms with E-state index in [0.29, 0.717) is 16.7 Å². The molecule has 4 rings (SSSR count). The quantitative estimate of drug-likeness (QED) is 0.258. The van der Waals surface area contributed by atoms with E-state index in [0.717, 1.165) is 48.3 Å². The molecule has 33 heavy (non-hydrogen) atoms. The Hall–Kier alpha value is 0.0500. The largest absolute Gasteiger partial charge is 0.460 e. The first kappa shape index (κ1) is 26.1. The molecule has 4 heteroatoms. The smallest absolute Gasteiger partial charge is 0.339 e. The third-order valence-electron chi connectivity index (χ3n) is 11.3. The van der Waals surface area contributed by atoms with Crippen molar-refractivity contribution >= 4 is 29.2 Å². The average Bonchev–Trinajstić information content (AvgIpc) is 3.11. The van der Waals surface area contributed by atoms with Crippen LogP contribution in [0.1, 0.15) is 112 Å². The summed E-state index contributed by atoms with van der Waals surface area (Å²) in [6.45, 7) is 12.6. The van der Waals surface area contributed by atoms with Gasteiger partial charge in [-0.15, -0.1) is 0 Å². The summed E-state index contributed by atoms with van der Waals surface area (Å²) in [6, 6.07) is 0. The Morgan fingerprint density at radius 2 is 1.61 bits per heavy atom. The number of carbonyl (C=O) groups is 1. The van der Waals surface area contributed by atoms with Gasteiger partial charge >= 0.3 is 5.97 Å². The molecule has 0 aromatic carbocycles. The van der Waals surface area contributed by atoms with Crippen LogP contribution in [-0.4, -0.2) is 16.9 Å². The van der Waals surface area contributed by atoms with Crippen LogP contribution in [-0.2, 0) is 9.53 Å². The first-order valence-corrected chi connectivity index (χ1v) is 14.9. The van der Waals surface area contributed by atoms with E-state index in [9.17, 15) is 4.79 Å². The summed E-state index contributed by atoms with van der Waals surface area (Å²) in [5.41, 5.74) is 0.972. The van der Waals surface area contributed by atoms with E-state index in [-0.39, 0.29) is 6.10 Å². The van der Waals surface area contributed by atoms with E-state index in [2.05, 4.69) is 34.6 Å². The third-order valence-corrected chi connectivity index (χ3v) is 11.6. The Kier molecular flexibility index (Phi) is 8.07. The van der Waals surface area contributed by atoms with Gasteiger partial charge in [0, 0.05) is 0 Å². The fourth-order valence-electron chi connectivity index (χ4n) is 9.57. The van der Waals surface area contributed by atoms with Crippen molar-refractivity contribution in [2.75, 3.05) is 0 Å². The van der Waals surface area contributed by atoms with Gasteiger partial charge in [-0.1, -0.05) is 77.1 Å². The minimum absolute atomic E-state index is 0.00327. The second kappa shape index (κ2) is 10.2. The number of hydrogen-bond acceptors (Lipinski definition) is 2. The van der Waals surface area contributed by atoms with Crippen molar-refractivity contribution in [1.29, 1.82) is 0 Å². The third kappa shape index (κ3) is 5.00. The number of hydrogen-bond donors (Lipinski definition) is 0. The lowest BCUT2D eigenvalue weighted by Gasteiger charge is -2.61. The molecule has 4 saturated carbocycles. The fourth-order valence-corrected chi connectivity index (χ4v) is 9.67. The van der Waals surface area contributed by atoms with Crippen LogP contribution < -0.4 is 0 Å². The predicted octanol–water partition coefficient (Wildman–Crippen LogP) is 8.82. The molecule has 0 amide bonds. The molecule has 0 aliphatic heterocycles. The molecule has 0 saturated heterocycles. The first-order valence-electron chi connectivity index (χ1n) is 14.0. The van der Waals surface area contributed by atoms with Crippen LogP contribution in [0.25, 0.3) is 0 Å². The van der Waals surface area contributed by atoms with Gasteiger partial charge in [-0.3, -0.25) is 0 Å². The molecule has 0 unspecified atom stereocenters. The monoisotopic (exact) mass is 498 g/mol. The van der Waals surface area contributed by atoms with Crippen molar-refractivity contribution in [3.63, 3.8) is 0 Å². The summed E-state index contributed by atoms with van der Waals surface area (Å²) in [7, 11) is 0. The SMILES string of the molecule is CC(C)CCC[C@@H](C)[C@@H]1CC[C@@H]2[C@@H]3CC[C@H]4C[C@H](OC(=O)C(Cl)Cl)CC[C@]4(C)[C@@H]3CC[C@]21C. The van der Waals surface area contributed by atoms with Gasteiger partial charge in [-0.05, 0) is 110 Å². The van der Waals surface area contributed by atoms with Gasteiger partial charge in [-0.2, -0.15) is 0 Å². The number of alkyl halides is 2. The van der Waals surface area contributed by atoms with Crippen LogP contribution in [0.4, 0.5) is 0 Å². The van der Waals surface area contributed by atoms with Crippen LogP contribution in [0, 0.1) is 52.3 Å². The van der Waals surface area contributed by atoms with Crippen LogP contribution in [0.15, 0.2) is 0 Å². The average molecular weight is 500 g/mol. The first-order chi connectivity index (χ1) is 15.6. The molecule has 0 N–H and O–H groups in total. The topological polar surface area (TPSA) is 26.3 Å². The number of esters is 1. The summed E-state index contributed by atoms with van der Waals surface area (Å²) in [4.78, 5) is 10.9. The maximum absolute atomic E-state index is 11.9. The van der Waals surface area contributed by atoms with Crippen molar-refractivity contribution < 1.29 is 9.53 Å². The van der Waals surface area contributed by atoms with E-state index in [4.69, 9.17) is 27.9 Å². The zero-order chi connectivity index (χ0) is 24.0. The highest BCUT2D eigenvalue weighted by Crippen LogP contribution is 2.68. The molecule has 190 valence electrons. The zero-order valence-electron chi connectivity index (χ0n) is 21.8. The summed E-state index contributed by atoms with van der Waals surface area (Å²) in [5.74, 6) is 5.53. The normalized spacial score (nSPS) is 43.7. The molecule has 4 fully saturated rings. The predicted molar refractivity (Wildman–Crippen MR) is 138 cm³/mol. The minimum Gasteiger partial charge on any atom is -0.460 e. The summed E-state index contributed by atoms with van der Waals surface area (Å²) >= 11 is 11.5. The summed E-state index contributed by atoms with van der Waals surface area (Å²) in [5, 5.41) is 0. The summed E-state index contributed by atoms with van der Waals surface area (Å²) < 4.78 is 5.65. The van der Waals surface area contributed by atoms with E-state index < -0.39 is 10.8 Å². The van der Waals surface area contributed by atoms with Crippen molar-refractivity contribution in [2.45, 2.75) is 123 Å². The fraction of sp³-hybridized carbons (Fsp3) is 0.966. The maximum atomic E-state index is 11.9. The molecular weight excluding hydrogens is 451 g/mol. The highest BCUT2D eigenvalue weighted by molar-refractivity contribution is 6.52. The minimum atomic E-state index is -1.06. The van der Waals surface area contributed by atoms with Crippen molar-refractivity contribution in [3.05, 3.63) is 0 Å². The number of carbonyl (C=O) groups excluding carboxylic acids is 1. The Balaban J connectivity index is 1.41. The van der Waals surface area contributed by atoms with Crippen LogP contribution in [0.2, 0.25) is 0 Å². The lowest BCUT2D eigenvalue weighted by atomic mass is 9.44. The Labute approximate surface area is 213 Å². The second-order valence-electron chi connectivity index (χ2n) is 13.3. The molecular formula is C29H48Cl2O2. The molecule has 9 atom stereocenters. The number of rotatable bonds is 7. The number of fused-ring (bicyclic) bond motifs is 5. The van der Waals surface area contributed by atoms with Crippen LogP contribution >= 0.6 is 23.2 Å². The molecule has 0 aromatic heterocycles. The lowest BCUT2D eigenvalue weighted by Crippen LogP contribution is -2.54.